The maximum Gasteiger partial charge on any atom is 0.243 e. The predicted molar refractivity (Wildman–Crippen MR) is 100 cm³/mol. The van der Waals surface area contributed by atoms with Gasteiger partial charge in [0.05, 0.1) is 16.9 Å². The first-order valence-corrected chi connectivity index (χ1v) is 10.7. The zero-order chi connectivity index (χ0) is 18.0. The van der Waals surface area contributed by atoms with E-state index in [0.717, 1.165) is 23.0 Å². The van der Waals surface area contributed by atoms with Crippen LogP contribution in [0.4, 0.5) is 0 Å². The van der Waals surface area contributed by atoms with Crippen LogP contribution in [-0.2, 0) is 16.6 Å². The second-order valence-corrected chi connectivity index (χ2v) is 8.91. The van der Waals surface area contributed by atoms with E-state index in [2.05, 4.69) is 9.88 Å². The number of nitrogens with zero attached hydrogens (tertiary/aromatic N) is 3. The van der Waals surface area contributed by atoms with Crippen LogP contribution in [-0.4, -0.2) is 48.8 Å². The van der Waals surface area contributed by atoms with E-state index in [0.29, 0.717) is 31.1 Å². The quantitative estimate of drug-likeness (QED) is 0.671. The van der Waals surface area contributed by atoms with Gasteiger partial charge in [0.25, 0.3) is 0 Å². The van der Waals surface area contributed by atoms with Crippen molar-refractivity contribution in [3.05, 3.63) is 59.8 Å². The molecule has 4 rings (SSSR count). The minimum absolute atomic E-state index is 0.357. The number of rotatable bonds is 5. The third kappa shape index (κ3) is 3.59. The van der Waals surface area contributed by atoms with Crippen LogP contribution >= 0.6 is 11.3 Å². The van der Waals surface area contributed by atoms with E-state index in [1.807, 2.05) is 23.6 Å². The average Bonchev–Trinajstić information content (AvgIpc) is 3.34. The third-order valence-electron chi connectivity index (χ3n) is 4.38. The molecule has 1 saturated heterocycles. The lowest BCUT2D eigenvalue weighted by Crippen LogP contribution is -2.48. The van der Waals surface area contributed by atoms with Gasteiger partial charge in [0.1, 0.15) is 0 Å². The minimum atomic E-state index is -3.40. The van der Waals surface area contributed by atoms with Gasteiger partial charge in [0, 0.05) is 38.1 Å². The van der Waals surface area contributed by atoms with Gasteiger partial charge < -0.3 is 4.42 Å². The molecule has 1 aromatic carbocycles. The summed E-state index contributed by atoms with van der Waals surface area (Å²) in [6.45, 7) is 3.09. The van der Waals surface area contributed by atoms with E-state index in [4.69, 9.17) is 4.42 Å². The summed E-state index contributed by atoms with van der Waals surface area (Å²) in [5.41, 5.74) is 0.987. The highest BCUT2D eigenvalue weighted by Gasteiger charge is 2.28. The molecule has 6 nitrogen and oxygen atoms in total. The van der Waals surface area contributed by atoms with Crippen LogP contribution in [0, 0.1) is 0 Å². The number of sulfonamides is 1. The van der Waals surface area contributed by atoms with Crippen LogP contribution in [0.1, 0.15) is 5.69 Å². The Labute approximate surface area is 156 Å². The van der Waals surface area contributed by atoms with Gasteiger partial charge in [0.2, 0.25) is 10.0 Å². The van der Waals surface area contributed by atoms with Crippen molar-refractivity contribution < 1.29 is 12.8 Å². The summed E-state index contributed by atoms with van der Waals surface area (Å²) in [6, 6.07) is 12.4. The van der Waals surface area contributed by atoms with Gasteiger partial charge in [-0.25, -0.2) is 13.4 Å². The van der Waals surface area contributed by atoms with Crippen molar-refractivity contribution in [2.24, 2.45) is 0 Å². The van der Waals surface area contributed by atoms with Crippen molar-refractivity contribution in [3.8, 4) is 10.8 Å². The lowest BCUT2D eigenvalue weighted by Gasteiger charge is -2.33. The van der Waals surface area contributed by atoms with Gasteiger partial charge in [-0.2, -0.15) is 4.31 Å². The SMILES string of the molecule is O=S(=O)(c1ccccc1)N1CCN(Cc2csc(-c3ccco3)n2)CC1. The summed E-state index contributed by atoms with van der Waals surface area (Å²) in [7, 11) is -3.40. The molecule has 1 aliphatic rings. The number of thiazole rings is 1. The van der Waals surface area contributed by atoms with Crippen molar-refractivity contribution in [3.63, 3.8) is 0 Å². The normalized spacial score (nSPS) is 16.8. The Bertz CT molecular complexity index is 945. The highest BCUT2D eigenvalue weighted by atomic mass is 32.2. The Hall–Kier alpha value is -2.00. The Kier molecular flexibility index (Phi) is 4.90. The molecule has 1 fully saturated rings. The van der Waals surface area contributed by atoms with Crippen LogP contribution < -0.4 is 0 Å². The predicted octanol–water partition coefficient (Wildman–Crippen LogP) is 2.91. The fourth-order valence-electron chi connectivity index (χ4n) is 2.99. The number of benzene rings is 1. The summed E-state index contributed by atoms with van der Waals surface area (Å²) in [5.74, 6) is 0.778. The molecule has 0 spiro atoms. The highest BCUT2D eigenvalue weighted by molar-refractivity contribution is 7.89. The largest absolute Gasteiger partial charge is 0.462 e. The fourth-order valence-corrected chi connectivity index (χ4v) is 5.21. The zero-order valence-electron chi connectivity index (χ0n) is 14.1. The second-order valence-electron chi connectivity index (χ2n) is 6.11. The van der Waals surface area contributed by atoms with Crippen molar-refractivity contribution in [2.45, 2.75) is 11.4 Å². The van der Waals surface area contributed by atoms with Crippen LogP contribution in [0.2, 0.25) is 0 Å². The Morgan fingerprint density at radius 3 is 2.50 bits per heavy atom. The van der Waals surface area contributed by atoms with Crippen molar-refractivity contribution >= 4 is 21.4 Å². The molecule has 0 atom stereocenters. The summed E-state index contributed by atoms with van der Waals surface area (Å²) >= 11 is 1.56. The van der Waals surface area contributed by atoms with Crippen LogP contribution in [0.15, 0.2) is 63.4 Å². The van der Waals surface area contributed by atoms with E-state index >= 15 is 0 Å². The molecule has 0 radical (unpaired) electrons. The molecule has 1 aliphatic heterocycles. The van der Waals surface area contributed by atoms with Crippen molar-refractivity contribution in [1.29, 1.82) is 0 Å². The molecule has 3 aromatic rings. The van der Waals surface area contributed by atoms with Crippen LogP contribution in [0.3, 0.4) is 0 Å². The zero-order valence-corrected chi connectivity index (χ0v) is 15.7. The lowest BCUT2D eigenvalue weighted by molar-refractivity contribution is 0.180. The number of aromatic nitrogens is 1. The molecule has 26 heavy (non-hydrogen) atoms. The summed E-state index contributed by atoms with van der Waals surface area (Å²) in [5, 5.41) is 2.90. The first-order chi connectivity index (χ1) is 12.6. The number of furan rings is 1. The van der Waals surface area contributed by atoms with Gasteiger partial charge >= 0.3 is 0 Å². The number of piperazine rings is 1. The molecule has 0 unspecified atom stereocenters. The van der Waals surface area contributed by atoms with Crippen LogP contribution in [0.5, 0.6) is 0 Å². The summed E-state index contributed by atoms with van der Waals surface area (Å²) in [6.07, 6.45) is 1.64. The molecular formula is C18H19N3O3S2. The maximum atomic E-state index is 12.7. The second kappa shape index (κ2) is 7.32. The fraction of sp³-hybridized carbons (Fsp3) is 0.278. The van der Waals surface area contributed by atoms with E-state index < -0.39 is 10.0 Å². The lowest BCUT2D eigenvalue weighted by atomic mass is 10.3. The third-order valence-corrected chi connectivity index (χ3v) is 7.20. The summed E-state index contributed by atoms with van der Waals surface area (Å²) < 4.78 is 32.3. The first kappa shape index (κ1) is 17.4. The molecule has 0 bridgehead atoms. The highest BCUT2D eigenvalue weighted by Crippen LogP contribution is 2.25. The van der Waals surface area contributed by atoms with Gasteiger partial charge in [-0.15, -0.1) is 11.3 Å². The molecule has 0 aliphatic carbocycles. The Morgan fingerprint density at radius 1 is 1.04 bits per heavy atom. The summed E-state index contributed by atoms with van der Waals surface area (Å²) in [4.78, 5) is 7.20. The van der Waals surface area contributed by atoms with Gasteiger partial charge in [0.15, 0.2) is 10.8 Å². The standard InChI is InChI=1S/C18H19N3O3S2/c22-26(23,16-5-2-1-3-6-16)21-10-8-20(9-11-21)13-15-14-25-18(19-15)17-7-4-12-24-17/h1-7,12,14H,8-11,13H2. The van der Waals surface area contributed by atoms with Gasteiger partial charge in [-0.05, 0) is 24.3 Å². The van der Waals surface area contributed by atoms with Gasteiger partial charge in [-0.1, -0.05) is 18.2 Å². The Morgan fingerprint density at radius 2 is 1.81 bits per heavy atom. The van der Waals surface area contributed by atoms with E-state index in [9.17, 15) is 8.42 Å². The van der Waals surface area contributed by atoms with Crippen molar-refractivity contribution in [2.75, 3.05) is 26.2 Å². The molecule has 0 amide bonds. The molecule has 136 valence electrons. The molecule has 8 heteroatoms. The first-order valence-electron chi connectivity index (χ1n) is 8.39. The van der Waals surface area contributed by atoms with E-state index in [1.54, 1.807) is 46.2 Å². The van der Waals surface area contributed by atoms with Crippen LogP contribution in [0.25, 0.3) is 10.8 Å². The Balaban J connectivity index is 1.37. The number of hydrogen-bond donors (Lipinski definition) is 0. The topological polar surface area (TPSA) is 66.7 Å². The van der Waals surface area contributed by atoms with Gasteiger partial charge in [-0.3, -0.25) is 4.90 Å². The molecular weight excluding hydrogens is 370 g/mol. The monoisotopic (exact) mass is 389 g/mol. The number of hydrogen-bond acceptors (Lipinski definition) is 6. The molecule has 2 aromatic heterocycles. The maximum absolute atomic E-state index is 12.7. The smallest absolute Gasteiger partial charge is 0.243 e. The minimum Gasteiger partial charge on any atom is -0.462 e. The van der Waals surface area contributed by atoms with E-state index in [-0.39, 0.29) is 0 Å². The van der Waals surface area contributed by atoms with E-state index in [1.165, 1.54) is 0 Å². The van der Waals surface area contributed by atoms with Crippen molar-refractivity contribution in [1.82, 2.24) is 14.2 Å². The molecule has 0 saturated carbocycles. The molecule has 3 heterocycles. The average molecular weight is 390 g/mol. The molecule has 0 N–H and O–H groups in total.